The van der Waals surface area contributed by atoms with Crippen LogP contribution in [0.1, 0.15) is 68.2 Å². The zero-order chi connectivity index (χ0) is 34.4. The van der Waals surface area contributed by atoms with Crippen molar-refractivity contribution in [3.63, 3.8) is 0 Å². The summed E-state index contributed by atoms with van der Waals surface area (Å²) < 4.78 is 111. The summed E-state index contributed by atoms with van der Waals surface area (Å²) in [6.45, 7) is 4.72. The lowest BCUT2D eigenvalue weighted by molar-refractivity contribution is -0.145. The van der Waals surface area contributed by atoms with Crippen LogP contribution in [0.5, 0.6) is 0 Å². The molecule has 0 saturated carbocycles. The molecule has 2 atom stereocenters. The second-order valence-electron chi connectivity index (χ2n) is 12.5. The first-order valence-corrected chi connectivity index (χ1v) is 14.8. The van der Waals surface area contributed by atoms with Crippen LogP contribution in [0.15, 0.2) is 36.4 Å². The van der Waals surface area contributed by atoms with E-state index in [1.165, 1.54) is 43.7 Å². The maximum atomic E-state index is 15.2. The van der Waals surface area contributed by atoms with Crippen molar-refractivity contribution in [2.75, 3.05) is 33.2 Å². The van der Waals surface area contributed by atoms with Crippen LogP contribution in [0, 0.1) is 17.6 Å². The van der Waals surface area contributed by atoms with E-state index in [1.807, 2.05) is 0 Å². The Morgan fingerprint density at radius 3 is 1.80 bits per heavy atom. The van der Waals surface area contributed by atoms with Crippen LogP contribution in [0.4, 0.5) is 35.1 Å². The minimum Gasteiger partial charge on any atom is -0.343 e. The molecule has 6 nitrogen and oxygen atoms in total. The molecule has 0 bridgehead atoms. The summed E-state index contributed by atoms with van der Waals surface area (Å²) in [7, 11) is 1.33. The second kappa shape index (κ2) is 12.8. The molecule has 3 amide bonds. The van der Waals surface area contributed by atoms with Crippen molar-refractivity contribution >= 4 is 17.7 Å². The molecule has 2 heterocycles. The van der Waals surface area contributed by atoms with E-state index in [1.54, 1.807) is 4.90 Å². The van der Waals surface area contributed by atoms with Gasteiger partial charge in [-0.2, -0.15) is 26.3 Å². The first-order valence-electron chi connectivity index (χ1n) is 14.8. The van der Waals surface area contributed by atoms with E-state index in [-0.39, 0.29) is 43.0 Å². The summed E-state index contributed by atoms with van der Waals surface area (Å²) in [4.78, 5) is 43.5. The Balaban J connectivity index is 1.65. The van der Waals surface area contributed by atoms with Crippen LogP contribution in [0.25, 0.3) is 0 Å². The Hall–Kier alpha value is -3.71. The molecule has 0 unspecified atom stereocenters. The molecule has 0 aromatic heterocycles. The molecule has 0 spiro atoms. The Labute approximate surface area is 261 Å². The Morgan fingerprint density at radius 2 is 1.30 bits per heavy atom. The third-order valence-electron chi connectivity index (χ3n) is 9.20. The lowest BCUT2D eigenvalue weighted by Gasteiger charge is -2.46. The van der Waals surface area contributed by atoms with Gasteiger partial charge >= 0.3 is 12.4 Å². The van der Waals surface area contributed by atoms with Crippen LogP contribution in [-0.2, 0) is 32.2 Å². The number of benzene rings is 2. The fourth-order valence-electron chi connectivity index (χ4n) is 6.44. The number of hydrogen-bond donors (Lipinski definition) is 0. The highest BCUT2D eigenvalue weighted by molar-refractivity contribution is 5.88. The van der Waals surface area contributed by atoms with Crippen molar-refractivity contribution < 1.29 is 49.5 Å². The number of carbonyl (C=O) groups excluding carboxylic acids is 3. The molecule has 252 valence electrons. The van der Waals surface area contributed by atoms with Gasteiger partial charge in [0.2, 0.25) is 17.7 Å². The highest BCUT2D eigenvalue weighted by Gasteiger charge is 2.45. The zero-order valence-electron chi connectivity index (χ0n) is 25.7. The van der Waals surface area contributed by atoms with Crippen LogP contribution in [0.3, 0.4) is 0 Å². The number of likely N-dealkylation sites (N-methyl/N-ethyl adjacent to an activating group) is 1. The first kappa shape index (κ1) is 35.1. The van der Waals surface area contributed by atoms with Crippen LogP contribution in [-0.4, -0.2) is 71.7 Å². The predicted molar refractivity (Wildman–Crippen MR) is 151 cm³/mol. The van der Waals surface area contributed by atoms with Gasteiger partial charge < -0.3 is 14.7 Å². The van der Waals surface area contributed by atoms with E-state index in [9.17, 15) is 45.1 Å². The summed E-state index contributed by atoms with van der Waals surface area (Å²) in [5.41, 5.74) is -5.52. The number of likely N-dealkylation sites (tertiary alicyclic amines) is 2. The van der Waals surface area contributed by atoms with Crippen molar-refractivity contribution in [1.82, 2.24) is 14.7 Å². The molecule has 2 aliphatic rings. The summed E-state index contributed by atoms with van der Waals surface area (Å²) in [5.74, 6) is -4.21. The van der Waals surface area contributed by atoms with E-state index in [0.717, 1.165) is 6.07 Å². The van der Waals surface area contributed by atoms with Gasteiger partial charge in [-0.25, -0.2) is 8.78 Å². The molecular formula is C32H35F8N3O3. The number of carbonyl (C=O) groups is 3. The fraction of sp³-hybridized carbons (Fsp3) is 0.531. The smallest absolute Gasteiger partial charge is 0.343 e. The van der Waals surface area contributed by atoms with E-state index in [2.05, 4.69) is 0 Å². The number of piperidine rings is 2. The molecule has 0 radical (unpaired) electrons. The number of hydrogen-bond acceptors (Lipinski definition) is 3. The van der Waals surface area contributed by atoms with Crippen molar-refractivity contribution in [2.45, 2.75) is 69.8 Å². The normalized spacial score (nSPS) is 20.1. The number of alkyl halides is 6. The number of halogens is 8. The number of rotatable bonds is 5. The maximum absolute atomic E-state index is 15.2. The number of amides is 3. The van der Waals surface area contributed by atoms with Gasteiger partial charge in [0.05, 0.1) is 16.5 Å². The van der Waals surface area contributed by atoms with Gasteiger partial charge in [-0.05, 0) is 68.5 Å². The van der Waals surface area contributed by atoms with Crippen molar-refractivity contribution in [2.24, 2.45) is 5.92 Å². The highest BCUT2D eigenvalue weighted by Crippen LogP contribution is 2.41. The third kappa shape index (κ3) is 7.30. The molecule has 46 heavy (non-hydrogen) atoms. The molecule has 2 saturated heterocycles. The van der Waals surface area contributed by atoms with Gasteiger partial charge in [-0.1, -0.05) is 6.07 Å². The maximum Gasteiger partial charge on any atom is 0.416 e. The summed E-state index contributed by atoms with van der Waals surface area (Å²) in [5, 5.41) is 0. The molecule has 2 fully saturated rings. The largest absolute Gasteiger partial charge is 0.416 e. The minimum absolute atomic E-state index is 0.00572. The van der Waals surface area contributed by atoms with Gasteiger partial charge in [0.25, 0.3) is 0 Å². The molecule has 0 aliphatic carbocycles. The lowest BCUT2D eigenvalue weighted by atomic mass is 9.79. The van der Waals surface area contributed by atoms with Crippen molar-refractivity contribution in [3.8, 4) is 0 Å². The van der Waals surface area contributed by atoms with E-state index in [4.69, 9.17) is 0 Å². The molecule has 2 aromatic rings. The van der Waals surface area contributed by atoms with Gasteiger partial charge in [0.1, 0.15) is 11.6 Å². The predicted octanol–water partition coefficient (Wildman–Crippen LogP) is 6.38. The minimum atomic E-state index is -5.12. The monoisotopic (exact) mass is 661 g/mol. The van der Waals surface area contributed by atoms with E-state index in [0.29, 0.717) is 44.1 Å². The zero-order valence-corrected chi connectivity index (χ0v) is 25.7. The van der Waals surface area contributed by atoms with Gasteiger partial charge in [0, 0.05) is 64.1 Å². The molecule has 2 aromatic carbocycles. The Bertz CT molecular complexity index is 1450. The van der Waals surface area contributed by atoms with Crippen LogP contribution < -0.4 is 0 Å². The van der Waals surface area contributed by atoms with Gasteiger partial charge in [0.15, 0.2) is 0 Å². The second-order valence-corrected chi connectivity index (χ2v) is 12.5. The molecular weight excluding hydrogens is 626 g/mol. The molecule has 2 aliphatic heterocycles. The van der Waals surface area contributed by atoms with Gasteiger partial charge in [-0.15, -0.1) is 0 Å². The fourth-order valence-corrected chi connectivity index (χ4v) is 6.44. The molecule has 4 rings (SSSR count). The van der Waals surface area contributed by atoms with E-state index < -0.39 is 69.9 Å². The summed E-state index contributed by atoms with van der Waals surface area (Å²) in [6.07, 6.45) is -9.27. The van der Waals surface area contributed by atoms with Crippen molar-refractivity contribution in [1.29, 1.82) is 0 Å². The highest BCUT2D eigenvalue weighted by atomic mass is 19.4. The van der Waals surface area contributed by atoms with E-state index >= 15 is 4.39 Å². The Kier molecular flexibility index (Phi) is 9.80. The van der Waals surface area contributed by atoms with Crippen LogP contribution in [0.2, 0.25) is 0 Å². The third-order valence-corrected chi connectivity index (χ3v) is 9.20. The quantitative estimate of drug-likeness (QED) is 0.350. The molecule has 14 heteroatoms. The first-order chi connectivity index (χ1) is 21.2. The SMILES string of the molecule is CC(=O)N1CCC(C(=O)N2CC[C@@H](N(C)C(=O)C(C)(C)c3cc(C(F)(F)F)cc(C(F)(F)F)c3)[C@H](c3ccc(F)cc3F)C2)CC1. The van der Waals surface area contributed by atoms with Crippen LogP contribution >= 0.6 is 0 Å². The summed E-state index contributed by atoms with van der Waals surface area (Å²) >= 11 is 0. The molecule has 0 N–H and O–H groups in total. The Morgan fingerprint density at radius 1 is 0.783 bits per heavy atom. The standard InChI is InChI=1S/C32H35F8N3O3/c1-18(44)42-10-7-19(8-11-42)28(45)43-12-9-27(25(17-43)24-6-5-23(33)16-26(24)34)41(4)29(46)30(2,3)20-13-21(31(35,36)37)15-22(14-20)32(38,39)40/h5-6,13-16,19,25,27H,7-12,17H2,1-4H3/t25-,27+/m0/s1. The average Bonchev–Trinajstić information content (AvgIpc) is 2.98. The average molecular weight is 662 g/mol. The van der Waals surface area contributed by atoms with Crippen molar-refractivity contribution in [3.05, 3.63) is 70.3 Å². The lowest BCUT2D eigenvalue weighted by Crippen LogP contribution is -2.56. The summed E-state index contributed by atoms with van der Waals surface area (Å²) in [6, 6.07) is 3.06. The topological polar surface area (TPSA) is 60.9 Å². The van der Waals surface area contributed by atoms with Gasteiger partial charge in [-0.3, -0.25) is 14.4 Å². The number of nitrogens with zero attached hydrogens (tertiary/aromatic N) is 3.